The van der Waals surface area contributed by atoms with Gasteiger partial charge in [0.05, 0.1) is 31.4 Å². The minimum Gasteiger partial charge on any atom is -0.449 e. The van der Waals surface area contributed by atoms with E-state index in [4.69, 9.17) is 9.47 Å². The van der Waals surface area contributed by atoms with E-state index >= 15 is 0 Å². The Bertz CT molecular complexity index is 1750. The molecule has 3 fully saturated rings. The Morgan fingerprint density at radius 3 is 2.60 bits per heavy atom. The number of carbonyl (C=O) groups excluding carboxylic acids is 5. The largest absolute Gasteiger partial charge is 0.449 e. The molecule has 2 saturated carbocycles. The Balaban J connectivity index is 1.28. The standard InChI is InChI=1S/C32H36F3N5O9S/c1-2-20-13-31(20,28(43)38-50(46,47)22-9-10-22)37-26(41)25-12-21-16-40(25)27(42)24(14-32(33,34)35)36-29(44)48-11-4-3-6-18-7-5-8-19-15-39(17-23(18)19)30(45)49-21/h2-3,5-8,20-22,24-25H,1,4,9-17H2,(H,36,44)(H,37,41)(H,38,43)/b6-3+/t20-,21+,24-,25-,31+/m0/s1. The van der Waals surface area contributed by atoms with Crippen LogP contribution in [0.15, 0.2) is 36.9 Å². The fraction of sp³-hybridized carbons (Fsp3) is 0.531. The smallest absolute Gasteiger partial charge is 0.410 e. The van der Waals surface area contributed by atoms with Gasteiger partial charge in [0.15, 0.2) is 0 Å². The number of alkyl halides is 3. The van der Waals surface area contributed by atoms with Gasteiger partial charge in [-0.05, 0) is 42.4 Å². The number of cyclic esters (lactones) is 1. The van der Waals surface area contributed by atoms with Crippen molar-refractivity contribution in [1.29, 1.82) is 0 Å². The van der Waals surface area contributed by atoms with E-state index in [1.807, 2.05) is 28.2 Å². The summed E-state index contributed by atoms with van der Waals surface area (Å²) in [6.07, 6.45) is -4.60. The number of hydrogen-bond donors (Lipinski definition) is 3. The number of ether oxygens (including phenoxy) is 2. The minimum atomic E-state index is -4.93. The molecule has 270 valence electrons. The predicted molar refractivity (Wildman–Crippen MR) is 168 cm³/mol. The van der Waals surface area contributed by atoms with Gasteiger partial charge in [-0.2, -0.15) is 13.2 Å². The average molecular weight is 724 g/mol. The van der Waals surface area contributed by atoms with Crippen molar-refractivity contribution < 1.29 is 55.0 Å². The molecule has 18 heteroatoms. The van der Waals surface area contributed by atoms with Gasteiger partial charge in [-0.3, -0.25) is 24.0 Å². The fourth-order valence-corrected chi connectivity index (χ4v) is 7.95. The summed E-state index contributed by atoms with van der Waals surface area (Å²) in [6, 6.07) is 1.72. The monoisotopic (exact) mass is 723 g/mol. The zero-order chi connectivity index (χ0) is 36.0. The molecule has 50 heavy (non-hydrogen) atoms. The lowest BCUT2D eigenvalue weighted by atomic mass is 10.0. The summed E-state index contributed by atoms with van der Waals surface area (Å²) in [6.45, 7) is 3.29. The molecule has 5 aliphatic rings. The third-order valence-corrected chi connectivity index (χ3v) is 11.3. The Morgan fingerprint density at radius 2 is 1.92 bits per heavy atom. The van der Waals surface area contributed by atoms with E-state index in [1.165, 1.54) is 11.0 Å². The molecular formula is C32H36F3N5O9S. The van der Waals surface area contributed by atoms with Gasteiger partial charge in [-0.25, -0.2) is 18.0 Å². The van der Waals surface area contributed by atoms with Crippen molar-refractivity contribution in [3.05, 3.63) is 53.6 Å². The van der Waals surface area contributed by atoms with Crippen LogP contribution >= 0.6 is 0 Å². The van der Waals surface area contributed by atoms with Crippen LogP contribution in [0.4, 0.5) is 22.8 Å². The van der Waals surface area contributed by atoms with Crippen LogP contribution in [0, 0.1) is 5.92 Å². The number of benzene rings is 1. The second-order valence-corrected chi connectivity index (χ2v) is 15.1. The van der Waals surface area contributed by atoms with Crippen molar-refractivity contribution in [3.8, 4) is 0 Å². The first kappa shape index (κ1) is 35.2. The van der Waals surface area contributed by atoms with Gasteiger partial charge in [0.25, 0.3) is 5.91 Å². The lowest BCUT2D eigenvalue weighted by molar-refractivity contribution is -0.155. The summed E-state index contributed by atoms with van der Waals surface area (Å²) >= 11 is 0. The highest BCUT2D eigenvalue weighted by Gasteiger charge is 2.62. The number of fused-ring (bicyclic) bond motifs is 3. The zero-order valence-electron chi connectivity index (χ0n) is 26.7. The molecule has 3 aliphatic heterocycles. The Kier molecular flexibility index (Phi) is 9.34. The second-order valence-electron chi connectivity index (χ2n) is 13.1. The van der Waals surface area contributed by atoms with E-state index in [1.54, 1.807) is 12.2 Å². The number of rotatable bonds is 7. The molecular weight excluding hydrogens is 687 g/mol. The zero-order valence-corrected chi connectivity index (χ0v) is 27.6. The maximum Gasteiger partial charge on any atom is 0.410 e. The summed E-state index contributed by atoms with van der Waals surface area (Å²) in [5, 5.41) is 3.73. The fourth-order valence-electron chi connectivity index (χ4n) is 6.59. The van der Waals surface area contributed by atoms with Crippen molar-refractivity contribution in [2.45, 2.75) is 86.8 Å². The van der Waals surface area contributed by atoms with Crippen molar-refractivity contribution in [2.75, 3.05) is 13.2 Å². The van der Waals surface area contributed by atoms with E-state index < -0.39 is 94.0 Å². The molecule has 0 aromatic heterocycles. The normalized spacial score (nSPS) is 29.1. The Labute approximate surface area is 285 Å². The summed E-state index contributed by atoms with van der Waals surface area (Å²) in [5.41, 5.74) is 0.784. The number of nitrogens with zero attached hydrogens (tertiary/aromatic N) is 2. The number of amides is 5. The van der Waals surface area contributed by atoms with Crippen LogP contribution in [-0.2, 0) is 47.0 Å². The van der Waals surface area contributed by atoms with E-state index in [0.717, 1.165) is 21.6 Å². The Hall–Kier alpha value is -4.61. The molecule has 2 aliphatic carbocycles. The van der Waals surface area contributed by atoms with Crippen molar-refractivity contribution in [3.63, 3.8) is 0 Å². The molecule has 1 aromatic rings. The van der Waals surface area contributed by atoms with E-state index in [0.29, 0.717) is 12.8 Å². The third kappa shape index (κ3) is 7.44. The number of alkyl carbamates (subject to hydrolysis) is 1. The molecule has 1 aromatic carbocycles. The number of halogens is 3. The number of carbonyl (C=O) groups is 5. The highest BCUT2D eigenvalue weighted by atomic mass is 32.2. The number of nitrogens with one attached hydrogen (secondary N) is 3. The lowest BCUT2D eigenvalue weighted by Gasteiger charge is -2.30. The topological polar surface area (TPSA) is 181 Å². The highest BCUT2D eigenvalue weighted by Crippen LogP contribution is 2.45. The van der Waals surface area contributed by atoms with Gasteiger partial charge in [-0.1, -0.05) is 36.4 Å². The van der Waals surface area contributed by atoms with Crippen LogP contribution in [0.2, 0.25) is 0 Å². The molecule has 0 unspecified atom stereocenters. The Morgan fingerprint density at radius 1 is 1.16 bits per heavy atom. The first-order valence-electron chi connectivity index (χ1n) is 16.1. The molecule has 14 nitrogen and oxygen atoms in total. The van der Waals surface area contributed by atoms with Crippen LogP contribution in [0.25, 0.3) is 6.08 Å². The minimum absolute atomic E-state index is 0.0240. The number of hydrogen-bond acceptors (Lipinski definition) is 9. The predicted octanol–water partition coefficient (Wildman–Crippen LogP) is 2.24. The van der Waals surface area contributed by atoms with Crippen LogP contribution in [0.5, 0.6) is 0 Å². The van der Waals surface area contributed by atoms with Crippen LogP contribution in [0.3, 0.4) is 0 Å². The van der Waals surface area contributed by atoms with Gasteiger partial charge in [0.2, 0.25) is 21.8 Å². The van der Waals surface area contributed by atoms with Gasteiger partial charge >= 0.3 is 18.4 Å². The molecule has 6 rings (SSSR count). The second kappa shape index (κ2) is 13.3. The summed E-state index contributed by atoms with van der Waals surface area (Å²) < 4.78 is 78.9. The quantitative estimate of drug-likeness (QED) is 0.356. The van der Waals surface area contributed by atoms with E-state index in [9.17, 15) is 45.6 Å². The third-order valence-electron chi connectivity index (χ3n) is 9.48. The van der Waals surface area contributed by atoms with Crippen molar-refractivity contribution in [1.82, 2.24) is 25.2 Å². The lowest BCUT2D eigenvalue weighted by Crippen LogP contribution is -2.58. The first-order chi connectivity index (χ1) is 23.6. The molecule has 1 saturated heterocycles. The summed E-state index contributed by atoms with van der Waals surface area (Å²) in [7, 11) is -4.01. The molecule has 3 heterocycles. The molecule has 0 radical (unpaired) electrons. The van der Waals surface area contributed by atoms with Crippen molar-refractivity contribution in [2.24, 2.45) is 5.92 Å². The van der Waals surface area contributed by atoms with Gasteiger partial charge in [-0.15, -0.1) is 6.58 Å². The molecule has 4 bridgehead atoms. The average Bonchev–Trinajstić information content (AvgIpc) is 3.93. The maximum absolute atomic E-state index is 13.9. The SMILES string of the molecule is C=C[C@H]1C[C@]1(NC(=O)[C@@H]1C[C@@H]2CN1C(=O)[C@H](CC(F)(F)F)NC(=O)OCC/C=C/c1cccc3c1CN(C3)C(=O)O2)C(=O)NS(=O)(=O)C1CC1. The number of sulfonamides is 1. The summed E-state index contributed by atoms with van der Waals surface area (Å²) in [4.78, 5) is 69.1. The molecule has 5 atom stereocenters. The first-order valence-corrected chi connectivity index (χ1v) is 17.7. The highest BCUT2D eigenvalue weighted by molar-refractivity contribution is 7.91. The summed E-state index contributed by atoms with van der Waals surface area (Å²) in [5.74, 6) is -4.00. The van der Waals surface area contributed by atoms with E-state index in [2.05, 4.69) is 11.9 Å². The van der Waals surface area contributed by atoms with Gasteiger partial charge < -0.3 is 25.0 Å². The van der Waals surface area contributed by atoms with Crippen LogP contribution in [-0.4, -0.2) is 96.4 Å². The van der Waals surface area contributed by atoms with Crippen molar-refractivity contribution >= 4 is 46.0 Å². The van der Waals surface area contributed by atoms with Crippen LogP contribution in [0.1, 0.15) is 55.2 Å². The van der Waals surface area contributed by atoms with Gasteiger partial charge in [0.1, 0.15) is 23.7 Å². The maximum atomic E-state index is 13.9. The van der Waals surface area contributed by atoms with Crippen LogP contribution < -0.4 is 15.4 Å². The molecule has 0 spiro atoms. The van der Waals surface area contributed by atoms with E-state index in [-0.39, 0.29) is 39.0 Å². The molecule has 3 N–H and O–H groups in total. The molecule has 5 amide bonds. The van der Waals surface area contributed by atoms with Gasteiger partial charge in [0, 0.05) is 18.9 Å².